The fourth-order valence-corrected chi connectivity index (χ4v) is 3.92. The van der Waals surface area contributed by atoms with Crippen molar-refractivity contribution >= 4 is 27.0 Å². The third-order valence-corrected chi connectivity index (χ3v) is 4.29. The van der Waals surface area contributed by atoms with Crippen LogP contribution in [-0.4, -0.2) is 25.4 Å². The molecule has 0 saturated heterocycles. The summed E-state index contributed by atoms with van der Waals surface area (Å²) in [4.78, 5) is 16.5. The van der Waals surface area contributed by atoms with Crippen molar-refractivity contribution in [3.05, 3.63) is 15.6 Å². The van der Waals surface area contributed by atoms with Crippen molar-refractivity contribution in [3.8, 4) is 0 Å². The molecule has 2 rings (SSSR count). The monoisotopic (exact) mass is 245 g/mol. The van der Waals surface area contributed by atoms with Crippen LogP contribution in [0.3, 0.4) is 0 Å². The number of aryl methyl sites for hydroxylation is 1. The van der Waals surface area contributed by atoms with Crippen molar-refractivity contribution in [2.45, 2.75) is 25.0 Å². The summed E-state index contributed by atoms with van der Waals surface area (Å²) in [5.41, 5.74) is 0.505. The summed E-state index contributed by atoms with van der Waals surface area (Å²) in [7, 11) is -3.06. The second-order valence-electron chi connectivity index (χ2n) is 3.73. The first-order valence-electron chi connectivity index (χ1n) is 4.65. The molecule has 6 heteroatoms. The molecule has 0 bridgehead atoms. The summed E-state index contributed by atoms with van der Waals surface area (Å²) in [5.74, 6) is -0.00921. The molecule has 1 aromatic rings. The highest BCUT2D eigenvalue weighted by atomic mass is 32.2. The smallest absolute Gasteiger partial charge is 0.182 e. The van der Waals surface area contributed by atoms with Gasteiger partial charge in [0.05, 0.1) is 0 Å². The molecule has 15 heavy (non-hydrogen) atoms. The third kappa shape index (κ3) is 2.43. The summed E-state index contributed by atoms with van der Waals surface area (Å²) in [6, 6.07) is 0. The Morgan fingerprint density at radius 1 is 1.40 bits per heavy atom. The van der Waals surface area contributed by atoms with Crippen LogP contribution in [0.15, 0.2) is 0 Å². The minimum atomic E-state index is -3.06. The molecular formula is C9H11NO3S2. The lowest BCUT2D eigenvalue weighted by atomic mass is 10.0. The molecular weight excluding hydrogens is 234 g/mol. The largest absolute Gasteiger partial charge is 0.292 e. The summed E-state index contributed by atoms with van der Waals surface area (Å²) < 4.78 is 22.2. The van der Waals surface area contributed by atoms with Gasteiger partial charge in [-0.1, -0.05) is 0 Å². The average Bonchev–Trinajstić information content (AvgIpc) is 2.45. The van der Waals surface area contributed by atoms with E-state index in [4.69, 9.17) is 0 Å². The highest BCUT2D eigenvalue weighted by Gasteiger charge is 2.23. The molecule has 0 unspecified atom stereocenters. The molecule has 0 aromatic carbocycles. The number of carbonyl (C=O) groups is 1. The number of ketones is 1. The van der Waals surface area contributed by atoms with E-state index in [0.717, 1.165) is 17.7 Å². The van der Waals surface area contributed by atoms with Gasteiger partial charge in [0.1, 0.15) is 16.5 Å². The van der Waals surface area contributed by atoms with Gasteiger partial charge in [-0.05, 0) is 12.8 Å². The molecule has 1 heterocycles. The van der Waals surface area contributed by atoms with Crippen LogP contribution in [-0.2, 0) is 22.0 Å². The van der Waals surface area contributed by atoms with Gasteiger partial charge in [-0.25, -0.2) is 13.4 Å². The van der Waals surface area contributed by atoms with Gasteiger partial charge in [0, 0.05) is 17.6 Å². The Morgan fingerprint density at radius 3 is 2.73 bits per heavy atom. The second-order valence-corrected chi connectivity index (χ2v) is 7.03. The summed E-state index contributed by atoms with van der Waals surface area (Å²) in [5, 5.41) is 0.540. The van der Waals surface area contributed by atoms with Gasteiger partial charge >= 0.3 is 0 Å². The van der Waals surface area contributed by atoms with Gasteiger partial charge in [0.25, 0.3) is 0 Å². The van der Waals surface area contributed by atoms with Gasteiger partial charge in [0.15, 0.2) is 15.6 Å². The zero-order chi connectivity index (χ0) is 11.1. The first-order valence-corrected chi connectivity index (χ1v) is 7.53. The number of Topliss-reactive ketones (excluding diaryl/α,β-unsaturated/α-hetero) is 1. The number of hydrogen-bond donors (Lipinski definition) is 0. The van der Waals surface area contributed by atoms with Gasteiger partial charge in [-0.3, -0.25) is 4.79 Å². The van der Waals surface area contributed by atoms with E-state index < -0.39 is 9.84 Å². The van der Waals surface area contributed by atoms with E-state index in [1.165, 1.54) is 17.6 Å². The fraction of sp³-hybridized carbons (Fsp3) is 0.556. The van der Waals surface area contributed by atoms with E-state index >= 15 is 0 Å². The Bertz CT molecular complexity index is 501. The molecule has 4 nitrogen and oxygen atoms in total. The van der Waals surface area contributed by atoms with E-state index in [9.17, 15) is 13.2 Å². The molecule has 0 spiro atoms. The lowest BCUT2D eigenvalue weighted by Crippen LogP contribution is -2.09. The minimum Gasteiger partial charge on any atom is -0.292 e. The number of sulfone groups is 1. The molecule has 0 saturated carbocycles. The van der Waals surface area contributed by atoms with Crippen LogP contribution in [0, 0.1) is 0 Å². The van der Waals surface area contributed by atoms with Crippen molar-refractivity contribution < 1.29 is 13.2 Å². The highest BCUT2D eigenvalue weighted by molar-refractivity contribution is 7.90. The maximum atomic E-state index is 11.5. The minimum absolute atomic E-state index is 0.0484. The number of nitrogens with zero attached hydrogens (tertiary/aromatic N) is 1. The maximum Gasteiger partial charge on any atom is 0.182 e. The SMILES string of the molecule is CS(=O)(=O)Cc1nc2c(s1)CCCC2=O. The zero-order valence-corrected chi connectivity index (χ0v) is 9.95. The van der Waals surface area contributed by atoms with Gasteiger partial charge in [0.2, 0.25) is 0 Å². The van der Waals surface area contributed by atoms with Crippen molar-refractivity contribution in [3.63, 3.8) is 0 Å². The second kappa shape index (κ2) is 3.68. The van der Waals surface area contributed by atoms with Crippen molar-refractivity contribution in [1.29, 1.82) is 0 Å². The quantitative estimate of drug-likeness (QED) is 0.785. The first kappa shape index (κ1) is 10.8. The molecule has 0 fully saturated rings. The van der Waals surface area contributed by atoms with Crippen molar-refractivity contribution in [2.75, 3.05) is 6.26 Å². The number of carbonyl (C=O) groups excluding carboxylic acids is 1. The zero-order valence-electron chi connectivity index (χ0n) is 8.32. The van der Waals surface area contributed by atoms with Crippen LogP contribution in [0.4, 0.5) is 0 Å². The molecule has 0 atom stereocenters. The van der Waals surface area contributed by atoms with Crippen molar-refractivity contribution in [1.82, 2.24) is 4.98 Å². The van der Waals surface area contributed by atoms with Crippen molar-refractivity contribution in [2.24, 2.45) is 0 Å². The average molecular weight is 245 g/mol. The molecule has 0 amide bonds. The lowest BCUT2D eigenvalue weighted by molar-refractivity contribution is 0.0968. The highest BCUT2D eigenvalue weighted by Crippen LogP contribution is 2.27. The first-order chi connectivity index (χ1) is 6.96. The number of hydrogen-bond acceptors (Lipinski definition) is 5. The Hall–Kier alpha value is -0.750. The Balaban J connectivity index is 2.34. The molecule has 0 N–H and O–H groups in total. The molecule has 82 valence electrons. The van der Waals surface area contributed by atoms with E-state index in [-0.39, 0.29) is 11.5 Å². The number of aromatic nitrogens is 1. The summed E-state index contributed by atoms with van der Waals surface area (Å²) in [6.07, 6.45) is 3.42. The van der Waals surface area contributed by atoms with E-state index in [1.54, 1.807) is 0 Å². The third-order valence-electron chi connectivity index (χ3n) is 2.20. The standard InChI is InChI=1S/C9H11NO3S2/c1-15(12,13)5-8-10-9-6(11)3-2-4-7(9)14-8/h2-5H2,1H3. The number of fused-ring (bicyclic) bond motifs is 1. The molecule has 0 radical (unpaired) electrons. The predicted octanol–water partition coefficient (Wildman–Crippen LogP) is 1.21. The molecule has 0 aliphatic heterocycles. The van der Waals surface area contributed by atoms with Crippen LogP contribution in [0.1, 0.15) is 33.2 Å². The normalized spacial score (nSPS) is 16.5. The number of rotatable bonds is 2. The molecule has 1 aliphatic rings. The van der Waals surface area contributed by atoms with E-state index in [1.807, 2.05) is 0 Å². The fourth-order valence-electron chi connectivity index (χ4n) is 1.60. The Labute approximate surface area is 92.3 Å². The van der Waals surface area contributed by atoms with Gasteiger partial charge in [-0.2, -0.15) is 0 Å². The molecule has 1 aliphatic carbocycles. The Kier molecular flexibility index (Phi) is 2.64. The number of thiazole rings is 1. The summed E-state index contributed by atoms with van der Waals surface area (Å²) >= 11 is 1.35. The van der Waals surface area contributed by atoms with E-state index in [0.29, 0.717) is 17.1 Å². The maximum absolute atomic E-state index is 11.5. The van der Waals surface area contributed by atoms with Crippen LogP contribution >= 0.6 is 11.3 Å². The topological polar surface area (TPSA) is 64.1 Å². The summed E-state index contributed by atoms with van der Waals surface area (Å²) in [6.45, 7) is 0. The Morgan fingerprint density at radius 2 is 2.13 bits per heavy atom. The molecule has 1 aromatic heterocycles. The lowest BCUT2D eigenvalue weighted by Gasteiger charge is -2.06. The van der Waals surface area contributed by atoms with Crippen LogP contribution < -0.4 is 0 Å². The van der Waals surface area contributed by atoms with Crippen LogP contribution in [0.2, 0.25) is 0 Å². The van der Waals surface area contributed by atoms with Crippen LogP contribution in [0.25, 0.3) is 0 Å². The van der Waals surface area contributed by atoms with E-state index in [2.05, 4.69) is 4.98 Å². The van der Waals surface area contributed by atoms with Gasteiger partial charge < -0.3 is 0 Å². The van der Waals surface area contributed by atoms with Gasteiger partial charge in [-0.15, -0.1) is 11.3 Å². The predicted molar refractivity (Wildman–Crippen MR) is 57.9 cm³/mol. The van der Waals surface area contributed by atoms with Crippen LogP contribution in [0.5, 0.6) is 0 Å².